The van der Waals surface area contributed by atoms with Gasteiger partial charge >= 0.3 is 0 Å². The number of Topliss-reactive ketones (excluding diaryl/α,β-unsaturated/α-hetero) is 2. The van der Waals surface area contributed by atoms with E-state index >= 15 is 0 Å². The SMILES string of the molecule is CC(=O)[C@@H]1CC[C@]2(C)CCC(=O)[C@H](C)[C@]2(O)C1. The molecule has 3 heteroatoms. The Balaban J connectivity index is 2.32. The van der Waals surface area contributed by atoms with E-state index in [1.54, 1.807) is 6.92 Å². The van der Waals surface area contributed by atoms with Crippen LogP contribution in [0.15, 0.2) is 0 Å². The lowest BCUT2D eigenvalue weighted by Gasteiger charge is -2.55. The molecule has 0 aromatic carbocycles. The Hall–Kier alpha value is -0.700. The summed E-state index contributed by atoms with van der Waals surface area (Å²) in [6, 6.07) is 0. The van der Waals surface area contributed by atoms with Crippen LogP contribution in [0.5, 0.6) is 0 Å². The minimum absolute atomic E-state index is 0.0681. The Labute approximate surface area is 103 Å². The third kappa shape index (κ3) is 1.75. The molecule has 96 valence electrons. The highest BCUT2D eigenvalue weighted by atomic mass is 16.3. The maximum absolute atomic E-state index is 11.8. The lowest BCUT2D eigenvalue weighted by molar-refractivity contribution is -0.184. The van der Waals surface area contributed by atoms with Crippen LogP contribution in [0.1, 0.15) is 52.9 Å². The molecule has 2 saturated carbocycles. The summed E-state index contributed by atoms with van der Waals surface area (Å²) in [7, 11) is 0. The van der Waals surface area contributed by atoms with Crippen molar-refractivity contribution in [2.45, 2.75) is 58.5 Å². The van der Waals surface area contributed by atoms with E-state index in [2.05, 4.69) is 6.92 Å². The van der Waals surface area contributed by atoms with Gasteiger partial charge < -0.3 is 5.11 Å². The van der Waals surface area contributed by atoms with Crippen molar-refractivity contribution in [1.82, 2.24) is 0 Å². The average molecular weight is 238 g/mol. The standard InChI is InChI=1S/C14H22O3/c1-9-12(16)5-7-13(3)6-4-11(10(2)15)8-14(9,13)17/h9,11,17H,4-8H2,1-3H3/t9-,11+,13+,14+/m0/s1. The van der Waals surface area contributed by atoms with Crippen LogP contribution in [-0.2, 0) is 9.59 Å². The number of hydrogen-bond donors (Lipinski definition) is 1. The Morgan fingerprint density at radius 3 is 2.65 bits per heavy atom. The number of carbonyl (C=O) groups excluding carboxylic acids is 2. The highest BCUT2D eigenvalue weighted by Crippen LogP contribution is 2.55. The van der Waals surface area contributed by atoms with E-state index in [0.29, 0.717) is 12.8 Å². The molecule has 0 spiro atoms. The van der Waals surface area contributed by atoms with Gasteiger partial charge in [0.15, 0.2) is 0 Å². The average Bonchev–Trinajstić information content (AvgIpc) is 2.27. The van der Waals surface area contributed by atoms with Gasteiger partial charge in [0.2, 0.25) is 0 Å². The maximum Gasteiger partial charge on any atom is 0.138 e. The van der Waals surface area contributed by atoms with Gasteiger partial charge in [-0.3, -0.25) is 9.59 Å². The van der Waals surface area contributed by atoms with Gasteiger partial charge in [0.25, 0.3) is 0 Å². The maximum atomic E-state index is 11.8. The van der Waals surface area contributed by atoms with Crippen molar-refractivity contribution in [2.75, 3.05) is 0 Å². The molecule has 0 aromatic rings. The lowest BCUT2D eigenvalue weighted by Crippen LogP contribution is -2.60. The van der Waals surface area contributed by atoms with E-state index < -0.39 is 5.60 Å². The number of rotatable bonds is 1. The van der Waals surface area contributed by atoms with Gasteiger partial charge in [-0.25, -0.2) is 0 Å². The molecule has 0 aliphatic heterocycles. The predicted octanol–water partition coefficient (Wildman–Crippen LogP) is 2.11. The quantitative estimate of drug-likeness (QED) is 0.761. The molecule has 17 heavy (non-hydrogen) atoms. The summed E-state index contributed by atoms with van der Waals surface area (Å²) >= 11 is 0. The summed E-state index contributed by atoms with van der Waals surface area (Å²) in [4.78, 5) is 23.3. The third-order valence-electron chi connectivity index (χ3n) is 5.34. The van der Waals surface area contributed by atoms with Gasteiger partial charge in [0, 0.05) is 18.3 Å². The van der Waals surface area contributed by atoms with Crippen LogP contribution < -0.4 is 0 Å². The molecule has 2 aliphatic carbocycles. The number of hydrogen-bond acceptors (Lipinski definition) is 3. The molecule has 4 atom stereocenters. The van der Waals surface area contributed by atoms with E-state index in [4.69, 9.17) is 0 Å². The second-order valence-corrected chi connectivity index (χ2v) is 6.22. The molecule has 0 saturated heterocycles. The fraction of sp³-hybridized carbons (Fsp3) is 0.857. The summed E-state index contributed by atoms with van der Waals surface area (Å²) in [5.74, 6) is -0.107. The normalized spacial score (nSPS) is 46.5. The Kier molecular flexibility index (Phi) is 2.93. The molecule has 2 fully saturated rings. The first kappa shape index (κ1) is 12.7. The smallest absolute Gasteiger partial charge is 0.138 e. The van der Waals surface area contributed by atoms with Crippen molar-refractivity contribution < 1.29 is 14.7 Å². The van der Waals surface area contributed by atoms with E-state index in [-0.39, 0.29) is 28.8 Å². The summed E-state index contributed by atoms with van der Waals surface area (Å²) in [5, 5.41) is 10.9. The van der Waals surface area contributed by atoms with Gasteiger partial charge in [-0.1, -0.05) is 13.8 Å². The first-order valence-corrected chi connectivity index (χ1v) is 6.56. The first-order valence-electron chi connectivity index (χ1n) is 6.56. The molecule has 1 N–H and O–H groups in total. The molecule has 2 rings (SSSR count). The molecule has 0 amide bonds. The number of aliphatic hydroxyl groups is 1. The van der Waals surface area contributed by atoms with Crippen LogP contribution in [0.2, 0.25) is 0 Å². The zero-order valence-electron chi connectivity index (χ0n) is 11.0. The van der Waals surface area contributed by atoms with Crippen molar-refractivity contribution in [1.29, 1.82) is 0 Å². The summed E-state index contributed by atoms with van der Waals surface area (Å²) < 4.78 is 0. The highest BCUT2D eigenvalue weighted by molar-refractivity contribution is 5.84. The van der Waals surface area contributed by atoms with Crippen LogP contribution in [0.25, 0.3) is 0 Å². The minimum Gasteiger partial charge on any atom is -0.389 e. The van der Waals surface area contributed by atoms with E-state index in [0.717, 1.165) is 19.3 Å². The lowest BCUT2D eigenvalue weighted by atomic mass is 9.51. The first-order chi connectivity index (χ1) is 7.80. The van der Waals surface area contributed by atoms with Crippen molar-refractivity contribution in [3.63, 3.8) is 0 Å². The largest absolute Gasteiger partial charge is 0.389 e. The zero-order chi connectivity index (χ0) is 12.8. The van der Waals surface area contributed by atoms with Crippen molar-refractivity contribution in [3.8, 4) is 0 Å². The third-order valence-corrected chi connectivity index (χ3v) is 5.34. The fourth-order valence-electron chi connectivity index (χ4n) is 3.70. The summed E-state index contributed by atoms with van der Waals surface area (Å²) in [6.07, 6.45) is 3.51. The summed E-state index contributed by atoms with van der Waals surface area (Å²) in [5.41, 5.74) is -1.16. The van der Waals surface area contributed by atoms with Crippen molar-refractivity contribution in [2.24, 2.45) is 17.3 Å². The molecule has 0 unspecified atom stereocenters. The van der Waals surface area contributed by atoms with Crippen LogP contribution in [0, 0.1) is 17.3 Å². The monoisotopic (exact) mass is 238 g/mol. The fourth-order valence-corrected chi connectivity index (χ4v) is 3.70. The molecule has 2 aliphatic rings. The Morgan fingerprint density at radius 2 is 2.06 bits per heavy atom. The molecule has 0 radical (unpaired) electrons. The molecular weight excluding hydrogens is 216 g/mol. The number of carbonyl (C=O) groups is 2. The van der Waals surface area contributed by atoms with Crippen LogP contribution >= 0.6 is 0 Å². The summed E-state index contributed by atoms with van der Waals surface area (Å²) in [6.45, 7) is 5.49. The molecule has 3 nitrogen and oxygen atoms in total. The van der Waals surface area contributed by atoms with Crippen LogP contribution in [0.3, 0.4) is 0 Å². The minimum atomic E-state index is -0.975. The van der Waals surface area contributed by atoms with Crippen LogP contribution in [-0.4, -0.2) is 22.3 Å². The van der Waals surface area contributed by atoms with Gasteiger partial charge in [-0.05, 0) is 38.0 Å². The number of fused-ring (bicyclic) bond motifs is 1. The van der Waals surface area contributed by atoms with E-state index in [1.807, 2.05) is 6.92 Å². The molecule has 0 bridgehead atoms. The Morgan fingerprint density at radius 1 is 1.41 bits per heavy atom. The number of ketones is 2. The van der Waals surface area contributed by atoms with E-state index in [9.17, 15) is 14.7 Å². The Bertz CT molecular complexity index is 362. The zero-order valence-corrected chi connectivity index (χ0v) is 11.0. The molecule has 0 heterocycles. The topological polar surface area (TPSA) is 54.4 Å². The van der Waals surface area contributed by atoms with E-state index in [1.165, 1.54) is 0 Å². The van der Waals surface area contributed by atoms with Crippen LogP contribution in [0.4, 0.5) is 0 Å². The van der Waals surface area contributed by atoms with Gasteiger partial charge in [0.1, 0.15) is 11.6 Å². The molecule has 0 aromatic heterocycles. The van der Waals surface area contributed by atoms with Gasteiger partial charge in [-0.2, -0.15) is 0 Å². The predicted molar refractivity (Wildman–Crippen MR) is 64.5 cm³/mol. The second-order valence-electron chi connectivity index (χ2n) is 6.22. The highest BCUT2D eigenvalue weighted by Gasteiger charge is 2.58. The van der Waals surface area contributed by atoms with Gasteiger partial charge in [-0.15, -0.1) is 0 Å². The van der Waals surface area contributed by atoms with Crippen molar-refractivity contribution in [3.05, 3.63) is 0 Å². The van der Waals surface area contributed by atoms with Crippen molar-refractivity contribution >= 4 is 11.6 Å². The second kappa shape index (κ2) is 3.91. The molecular formula is C14H22O3. The van der Waals surface area contributed by atoms with Gasteiger partial charge in [0.05, 0.1) is 5.60 Å².